The molecule has 86 valence electrons. The van der Waals surface area contributed by atoms with E-state index in [1.54, 1.807) is 4.90 Å². The number of aliphatic carboxylic acids is 1. The van der Waals surface area contributed by atoms with Gasteiger partial charge in [0, 0.05) is 6.54 Å². The van der Waals surface area contributed by atoms with Crippen LogP contribution in [0.1, 0.15) is 20.3 Å². The van der Waals surface area contributed by atoms with E-state index in [0.717, 1.165) is 6.42 Å². The van der Waals surface area contributed by atoms with Gasteiger partial charge in [0.1, 0.15) is 5.92 Å². The van der Waals surface area contributed by atoms with Gasteiger partial charge in [0.05, 0.1) is 19.3 Å². The molecule has 0 saturated carbocycles. The van der Waals surface area contributed by atoms with Crippen molar-refractivity contribution >= 4 is 11.9 Å². The first-order chi connectivity index (χ1) is 7.07. The molecule has 0 bridgehead atoms. The lowest BCUT2D eigenvalue weighted by molar-refractivity contribution is -0.154. The lowest BCUT2D eigenvalue weighted by Crippen LogP contribution is -2.51. The van der Waals surface area contributed by atoms with Crippen molar-refractivity contribution in [3.63, 3.8) is 0 Å². The van der Waals surface area contributed by atoms with E-state index < -0.39 is 11.9 Å². The fraction of sp³-hybridized carbons (Fsp3) is 0.800. The molecule has 15 heavy (non-hydrogen) atoms. The van der Waals surface area contributed by atoms with Gasteiger partial charge in [-0.15, -0.1) is 0 Å². The third kappa shape index (κ3) is 2.68. The highest BCUT2D eigenvalue weighted by Crippen LogP contribution is 2.14. The average molecular weight is 215 g/mol. The summed E-state index contributed by atoms with van der Waals surface area (Å²) in [5, 5.41) is 8.76. The second-order valence-electron chi connectivity index (χ2n) is 3.73. The van der Waals surface area contributed by atoms with Crippen molar-refractivity contribution in [1.82, 2.24) is 4.90 Å². The van der Waals surface area contributed by atoms with Gasteiger partial charge in [-0.2, -0.15) is 0 Å². The average Bonchev–Trinajstić information content (AvgIpc) is 2.26. The number of carboxylic acid groups (broad SMARTS) is 1. The molecule has 1 aliphatic heterocycles. The largest absolute Gasteiger partial charge is 0.481 e. The molecule has 0 aromatic heterocycles. The molecule has 5 nitrogen and oxygen atoms in total. The Bertz CT molecular complexity index is 254. The highest BCUT2D eigenvalue weighted by atomic mass is 16.5. The first kappa shape index (κ1) is 12.0. The molecule has 0 aromatic carbocycles. The van der Waals surface area contributed by atoms with Gasteiger partial charge in [0.15, 0.2) is 0 Å². The molecule has 1 N–H and O–H groups in total. The van der Waals surface area contributed by atoms with Crippen LogP contribution < -0.4 is 0 Å². The summed E-state index contributed by atoms with van der Waals surface area (Å²) in [4.78, 5) is 24.1. The molecule has 1 amide bonds. The minimum Gasteiger partial charge on any atom is -0.481 e. The molecule has 0 radical (unpaired) electrons. The molecular formula is C10H17NO4. The third-order valence-corrected chi connectivity index (χ3v) is 2.72. The molecular weight excluding hydrogens is 198 g/mol. The van der Waals surface area contributed by atoms with Gasteiger partial charge in [-0.3, -0.25) is 9.59 Å². The summed E-state index contributed by atoms with van der Waals surface area (Å²) >= 11 is 0. The highest BCUT2D eigenvalue weighted by Gasteiger charge is 2.32. The number of hydrogen-bond acceptors (Lipinski definition) is 3. The van der Waals surface area contributed by atoms with E-state index in [0.29, 0.717) is 19.8 Å². The van der Waals surface area contributed by atoms with Crippen molar-refractivity contribution in [1.29, 1.82) is 0 Å². The standard InChI is InChI=1S/C10H17NO4/c1-3-8-6-15-5-4-11(8)9(12)7(2)10(13)14/h7-8H,3-6H2,1-2H3,(H,13,14). The number of carbonyl (C=O) groups excluding carboxylic acids is 1. The Labute approximate surface area is 89.0 Å². The first-order valence-electron chi connectivity index (χ1n) is 5.19. The van der Waals surface area contributed by atoms with Crippen LogP contribution in [0.25, 0.3) is 0 Å². The van der Waals surface area contributed by atoms with Crippen LogP contribution in [-0.2, 0) is 14.3 Å². The predicted octanol–water partition coefficient (Wildman–Crippen LogP) is 0.344. The fourth-order valence-corrected chi connectivity index (χ4v) is 1.64. The molecule has 2 unspecified atom stereocenters. The van der Waals surface area contributed by atoms with E-state index >= 15 is 0 Å². The fourth-order valence-electron chi connectivity index (χ4n) is 1.64. The summed E-state index contributed by atoms with van der Waals surface area (Å²) in [5.74, 6) is -2.34. The van der Waals surface area contributed by atoms with Crippen LogP contribution in [0.3, 0.4) is 0 Å². The van der Waals surface area contributed by atoms with Gasteiger partial charge in [-0.25, -0.2) is 0 Å². The summed E-state index contributed by atoms with van der Waals surface area (Å²) in [6, 6.07) is 0.0213. The zero-order valence-corrected chi connectivity index (χ0v) is 9.10. The number of nitrogens with zero attached hydrogens (tertiary/aromatic N) is 1. The maximum Gasteiger partial charge on any atom is 0.315 e. The van der Waals surface area contributed by atoms with E-state index in [2.05, 4.69) is 0 Å². The van der Waals surface area contributed by atoms with E-state index in [1.807, 2.05) is 6.92 Å². The van der Waals surface area contributed by atoms with Crippen molar-refractivity contribution in [2.75, 3.05) is 19.8 Å². The normalized spacial score (nSPS) is 23.6. The van der Waals surface area contributed by atoms with E-state index in [4.69, 9.17) is 9.84 Å². The predicted molar refractivity (Wildman–Crippen MR) is 53.4 cm³/mol. The topological polar surface area (TPSA) is 66.8 Å². The number of hydrogen-bond donors (Lipinski definition) is 1. The lowest BCUT2D eigenvalue weighted by Gasteiger charge is -2.36. The van der Waals surface area contributed by atoms with Gasteiger partial charge >= 0.3 is 5.97 Å². The highest BCUT2D eigenvalue weighted by molar-refractivity contribution is 5.96. The summed E-state index contributed by atoms with van der Waals surface area (Å²) < 4.78 is 5.25. The van der Waals surface area contributed by atoms with Crippen LogP contribution in [0, 0.1) is 5.92 Å². The Morgan fingerprint density at radius 2 is 2.27 bits per heavy atom. The molecule has 2 atom stereocenters. The first-order valence-corrected chi connectivity index (χ1v) is 5.19. The van der Waals surface area contributed by atoms with Crippen molar-refractivity contribution in [2.45, 2.75) is 26.3 Å². The van der Waals surface area contributed by atoms with Gasteiger partial charge in [-0.05, 0) is 13.3 Å². The molecule has 1 aliphatic rings. The third-order valence-electron chi connectivity index (χ3n) is 2.72. The Kier molecular flexibility index (Phi) is 4.08. The molecule has 5 heteroatoms. The molecule has 1 heterocycles. The second-order valence-corrected chi connectivity index (χ2v) is 3.73. The van der Waals surface area contributed by atoms with Crippen molar-refractivity contribution in [3.8, 4) is 0 Å². The molecule has 1 fully saturated rings. The Balaban J connectivity index is 2.67. The van der Waals surface area contributed by atoms with Crippen LogP contribution in [0.5, 0.6) is 0 Å². The maximum atomic E-state index is 11.8. The van der Waals surface area contributed by atoms with Crippen LogP contribution in [0.15, 0.2) is 0 Å². The summed E-state index contributed by atoms with van der Waals surface area (Å²) in [6.45, 7) is 4.88. The smallest absolute Gasteiger partial charge is 0.315 e. The number of morpholine rings is 1. The number of carboxylic acids is 1. The van der Waals surface area contributed by atoms with Gasteiger partial charge in [-0.1, -0.05) is 6.92 Å². The summed E-state index contributed by atoms with van der Waals surface area (Å²) in [7, 11) is 0. The Morgan fingerprint density at radius 1 is 1.60 bits per heavy atom. The molecule has 1 saturated heterocycles. The lowest BCUT2D eigenvalue weighted by atomic mass is 10.1. The zero-order valence-electron chi connectivity index (χ0n) is 9.10. The van der Waals surface area contributed by atoms with Crippen LogP contribution in [-0.4, -0.2) is 47.7 Å². The number of carbonyl (C=O) groups is 2. The van der Waals surface area contributed by atoms with Crippen molar-refractivity contribution < 1.29 is 19.4 Å². The van der Waals surface area contributed by atoms with E-state index in [1.165, 1.54) is 6.92 Å². The van der Waals surface area contributed by atoms with Gasteiger partial charge in [0.2, 0.25) is 5.91 Å². The number of ether oxygens (including phenoxy) is 1. The minimum atomic E-state index is -1.07. The van der Waals surface area contributed by atoms with Gasteiger partial charge in [0.25, 0.3) is 0 Å². The molecule has 0 aliphatic carbocycles. The summed E-state index contributed by atoms with van der Waals surface area (Å²) in [6.07, 6.45) is 0.790. The zero-order chi connectivity index (χ0) is 11.4. The van der Waals surface area contributed by atoms with Crippen molar-refractivity contribution in [2.24, 2.45) is 5.92 Å². The minimum absolute atomic E-state index is 0.0213. The van der Waals surface area contributed by atoms with Crippen LogP contribution in [0.2, 0.25) is 0 Å². The van der Waals surface area contributed by atoms with Crippen LogP contribution in [0.4, 0.5) is 0 Å². The maximum absolute atomic E-state index is 11.8. The summed E-state index contributed by atoms with van der Waals surface area (Å²) in [5.41, 5.74) is 0. The quantitative estimate of drug-likeness (QED) is 0.689. The number of rotatable bonds is 3. The van der Waals surface area contributed by atoms with Gasteiger partial charge < -0.3 is 14.7 Å². The molecule has 0 spiro atoms. The van der Waals surface area contributed by atoms with Crippen molar-refractivity contribution in [3.05, 3.63) is 0 Å². The Hall–Kier alpha value is -1.10. The number of amides is 1. The second kappa shape index (κ2) is 5.11. The van der Waals surface area contributed by atoms with Crippen LogP contribution >= 0.6 is 0 Å². The monoisotopic (exact) mass is 215 g/mol. The van der Waals surface area contributed by atoms with E-state index in [9.17, 15) is 9.59 Å². The van der Waals surface area contributed by atoms with E-state index in [-0.39, 0.29) is 11.9 Å². The molecule has 0 aromatic rings. The molecule has 1 rings (SSSR count). The Morgan fingerprint density at radius 3 is 2.80 bits per heavy atom. The SMILES string of the molecule is CCC1COCCN1C(=O)C(C)C(=O)O.